The van der Waals surface area contributed by atoms with Crippen LogP contribution in [0.2, 0.25) is 0 Å². The van der Waals surface area contributed by atoms with Crippen molar-refractivity contribution in [2.45, 2.75) is 0 Å². The summed E-state index contributed by atoms with van der Waals surface area (Å²) in [4.78, 5) is 19.1. The fourth-order valence-electron chi connectivity index (χ4n) is 2.36. The van der Waals surface area contributed by atoms with Gasteiger partial charge in [0, 0.05) is 34.0 Å². The fraction of sp³-hybridized carbons (Fsp3) is 0. The van der Waals surface area contributed by atoms with Gasteiger partial charge in [-0.1, -0.05) is 36.4 Å². The molecular weight excluding hydrogens is 368 g/mol. The summed E-state index contributed by atoms with van der Waals surface area (Å²) in [5.74, 6) is -0.687. The van der Waals surface area contributed by atoms with Crippen molar-refractivity contribution in [1.29, 1.82) is 0 Å². The molecule has 0 aliphatic heterocycles. The Bertz CT molecular complexity index is 967. The summed E-state index contributed by atoms with van der Waals surface area (Å²) < 4.78 is 0. The van der Waals surface area contributed by atoms with Crippen molar-refractivity contribution in [2.75, 3.05) is 0 Å². The number of aromatic nitrogens is 2. The first-order chi connectivity index (χ1) is 11.7. The molecule has 0 aliphatic rings. The van der Waals surface area contributed by atoms with E-state index in [9.17, 15) is 4.79 Å². The standard InChI is InChI=1S/C12H8N2.C7H6O3.Cu/c1-3-9-5-6-10-4-2-8-14-12(10)11(9)13-7-1;8-6-4-2-1-3-5(6)7(9)10;/h1-8H;1-4,8H,(H,9,10);/q;;+2/p+2. The SMILES string of the molecule is O=C([OH2+])c1ccccc1[OH2+].[Cu+2].c1cnc2c(c1)ccc1cccnc12. The number of pyridine rings is 2. The third-order valence-electron chi connectivity index (χ3n) is 3.52. The predicted molar refractivity (Wildman–Crippen MR) is 94.5 cm³/mol. The van der Waals surface area contributed by atoms with Gasteiger partial charge in [-0.25, -0.2) is 0 Å². The maximum atomic E-state index is 10.4. The molecule has 0 aliphatic carbocycles. The van der Waals surface area contributed by atoms with E-state index in [-0.39, 0.29) is 28.4 Å². The maximum Gasteiger partial charge on any atom is 2.00 e. The van der Waals surface area contributed by atoms with Crippen LogP contribution in [0.5, 0.6) is 5.75 Å². The van der Waals surface area contributed by atoms with Crippen LogP contribution in [-0.2, 0) is 17.1 Å². The van der Waals surface area contributed by atoms with Gasteiger partial charge < -0.3 is 10.2 Å². The van der Waals surface area contributed by atoms with E-state index >= 15 is 0 Å². The van der Waals surface area contributed by atoms with Crippen molar-refractivity contribution in [3.05, 3.63) is 78.6 Å². The fourth-order valence-corrected chi connectivity index (χ4v) is 2.36. The smallest absolute Gasteiger partial charge is 0.593 e. The van der Waals surface area contributed by atoms with Gasteiger partial charge in [0.2, 0.25) is 5.56 Å². The number of rotatable bonds is 1. The molecule has 2 heterocycles. The van der Waals surface area contributed by atoms with Crippen molar-refractivity contribution in [1.82, 2.24) is 9.97 Å². The van der Waals surface area contributed by atoms with Crippen LogP contribution in [-0.4, -0.2) is 26.2 Å². The summed E-state index contributed by atoms with van der Waals surface area (Å²) in [6, 6.07) is 18.4. The van der Waals surface area contributed by atoms with E-state index in [4.69, 9.17) is 10.2 Å². The molecule has 25 heavy (non-hydrogen) atoms. The first kappa shape index (κ1) is 18.4. The second-order valence-electron chi connectivity index (χ2n) is 5.09. The molecule has 0 spiro atoms. The molecule has 127 valence electrons. The Morgan fingerprint density at radius 2 is 1.28 bits per heavy atom. The quantitative estimate of drug-likeness (QED) is 0.287. The van der Waals surface area contributed by atoms with Gasteiger partial charge in [-0.05, 0) is 18.2 Å². The molecule has 6 heteroatoms. The van der Waals surface area contributed by atoms with Crippen LogP contribution in [0.4, 0.5) is 0 Å². The van der Waals surface area contributed by atoms with E-state index < -0.39 is 5.97 Å². The molecule has 0 amide bonds. The number of nitrogens with zero attached hydrogens (tertiary/aromatic N) is 2. The molecule has 0 saturated heterocycles. The first-order valence-corrected chi connectivity index (χ1v) is 7.32. The summed E-state index contributed by atoms with van der Waals surface area (Å²) >= 11 is 0. The van der Waals surface area contributed by atoms with Crippen molar-refractivity contribution < 1.29 is 32.1 Å². The van der Waals surface area contributed by atoms with Crippen molar-refractivity contribution in [3.63, 3.8) is 0 Å². The number of para-hydroxylation sites is 1. The summed E-state index contributed by atoms with van der Waals surface area (Å²) in [6.45, 7) is 0. The van der Waals surface area contributed by atoms with Gasteiger partial charge in [-0.3, -0.25) is 9.97 Å². The van der Waals surface area contributed by atoms with Gasteiger partial charge in [-0.2, -0.15) is 0 Å². The van der Waals surface area contributed by atoms with Crippen LogP contribution in [0.25, 0.3) is 21.8 Å². The van der Waals surface area contributed by atoms with Crippen LogP contribution in [0, 0.1) is 0 Å². The molecule has 0 atom stereocenters. The Hall–Kier alpha value is -2.95. The van der Waals surface area contributed by atoms with Gasteiger partial charge in [-0.15, -0.1) is 0 Å². The molecule has 0 saturated carbocycles. The van der Waals surface area contributed by atoms with Gasteiger partial charge in [0.05, 0.1) is 11.0 Å². The molecule has 0 unspecified atom stereocenters. The second kappa shape index (κ2) is 8.24. The zero-order chi connectivity index (χ0) is 16.9. The summed E-state index contributed by atoms with van der Waals surface area (Å²) in [5.41, 5.74) is 2.11. The Balaban J connectivity index is 0.000000184. The molecule has 4 N–H and O–H groups in total. The number of benzene rings is 2. The van der Waals surface area contributed by atoms with E-state index in [1.807, 2.05) is 12.1 Å². The van der Waals surface area contributed by atoms with E-state index in [1.54, 1.807) is 24.5 Å². The minimum absolute atomic E-state index is 0. The third-order valence-corrected chi connectivity index (χ3v) is 3.52. The van der Waals surface area contributed by atoms with Crippen LogP contribution in [0.15, 0.2) is 73.1 Å². The molecule has 2 aromatic carbocycles. The van der Waals surface area contributed by atoms with Crippen LogP contribution in [0.3, 0.4) is 0 Å². The van der Waals surface area contributed by atoms with E-state index in [0.29, 0.717) is 0 Å². The molecule has 1 radical (unpaired) electrons. The average Bonchev–Trinajstić information content (AvgIpc) is 2.62. The molecule has 4 aromatic rings. The monoisotopic (exact) mass is 383 g/mol. The number of hydrogen-bond acceptors (Lipinski definition) is 3. The minimum Gasteiger partial charge on any atom is -0.593 e. The number of hydrogen-bond donors (Lipinski definition) is 0. The van der Waals surface area contributed by atoms with Crippen molar-refractivity contribution in [3.8, 4) is 5.75 Å². The Morgan fingerprint density at radius 1 is 0.760 bits per heavy atom. The van der Waals surface area contributed by atoms with Gasteiger partial charge in [0.15, 0.2) is 0 Å². The summed E-state index contributed by atoms with van der Waals surface area (Å²) in [6.07, 6.45) is 3.60. The number of fused-ring (bicyclic) bond motifs is 3. The molecule has 2 aromatic heterocycles. The third kappa shape index (κ3) is 4.12. The van der Waals surface area contributed by atoms with Crippen molar-refractivity contribution in [2.24, 2.45) is 0 Å². The maximum absolute atomic E-state index is 10.4. The van der Waals surface area contributed by atoms with Gasteiger partial charge in [0.25, 0.3) is 5.75 Å². The number of carbonyl (C=O) groups is 1. The predicted octanol–water partition coefficient (Wildman–Crippen LogP) is 2.77. The van der Waals surface area contributed by atoms with E-state index in [2.05, 4.69) is 34.2 Å². The zero-order valence-corrected chi connectivity index (χ0v) is 14.0. The minimum atomic E-state index is -0.800. The number of carbonyl (C=O) groups excluding carboxylic acids is 1. The van der Waals surface area contributed by atoms with E-state index in [1.165, 1.54) is 12.1 Å². The first-order valence-electron chi connectivity index (χ1n) is 7.32. The Kier molecular flexibility index (Phi) is 6.06. The zero-order valence-electron chi connectivity index (χ0n) is 13.0. The Morgan fingerprint density at radius 3 is 1.72 bits per heavy atom. The molecule has 5 nitrogen and oxygen atoms in total. The molecule has 4 rings (SSSR count). The van der Waals surface area contributed by atoms with Gasteiger partial charge >= 0.3 is 23.0 Å². The largest absolute Gasteiger partial charge is 2.00 e. The second-order valence-corrected chi connectivity index (χ2v) is 5.09. The van der Waals surface area contributed by atoms with Crippen molar-refractivity contribution >= 4 is 27.8 Å². The van der Waals surface area contributed by atoms with Crippen LogP contribution in [0.1, 0.15) is 10.4 Å². The Labute approximate surface area is 154 Å². The summed E-state index contributed by atoms with van der Waals surface area (Å²) in [5, 5.41) is 16.1. The van der Waals surface area contributed by atoms with Crippen LogP contribution >= 0.6 is 0 Å². The van der Waals surface area contributed by atoms with Crippen LogP contribution < -0.4 is 0 Å². The molecule has 0 fully saturated rings. The molecule has 0 bridgehead atoms. The normalized spacial score (nSPS) is 9.76. The topological polar surface area (TPSA) is 88.6 Å². The molecular formula is C19H16CuN2O3+4. The summed E-state index contributed by atoms with van der Waals surface area (Å²) in [7, 11) is 0. The van der Waals surface area contributed by atoms with E-state index in [0.717, 1.165) is 21.8 Å². The average molecular weight is 384 g/mol. The van der Waals surface area contributed by atoms with Gasteiger partial charge in [0.1, 0.15) is 0 Å².